The Labute approximate surface area is 104 Å². The number of aromatic nitrogens is 2. The van der Waals surface area contributed by atoms with Gasteiger partial charge in [0.1, 0.15) is 0 Å². The highest BCUT2D eigenvalue weighted by molar-refractivity contribution is 5.88. The molecular formula is C13H13N2O3-. The van der Waals surface area contributed by atoms with E-state index >= 15 is 0 Å². The molecule has 0 unspecified atom stereocenters. The first-order chi connectivity index (χ1) is 8.56. The number of carbonyl (C=O) groups is 1. The third-order valence-electron chi connectivity index (χ3n) is 2.96. The van der Waals surface area contributed by atoms with Crippen molar-refractivity contribution in [2.24, 2.45) is 0 Å². The Hall–Kier alpha value is -2.17. The van der Waals surface area contributed by atoms with Gasteiger partial charge in [-0.05, 0) is 13.0 Å². The van der Waals surface area contributed by atoms with E-state index in [1.165, 1.54) is 11.6 Å². The normalized spacial score (nSPS) is 12.6. The largest absolute Gasteiger partial charge is 0.549 e. The predicted molar refractivity (Wildman–Crippen MR) is 65.1 cm³/mol. The number of nitrogens with zero attached hydrogens (tertiary/aromatic N) is 2. The second-order valence-electron chi connectivity index (χ2n) is 4.09. The summed E-state index contributed by atoms with van der Waals surface area (Å²) in [4.78, 5) is 23.0. The van der Waals surface area contributed by atoms with E-state index in [1.807, 2.05) is 0 Å². The molecule has 1 aromatic heterocycles. The van der Waals surface area contributed by atoms with Crippen LogP contribution in [0.2, 0.25) is 0 Å². The zero-order valence-corrected chi connectivity index (χ0v) is 10.2. The highest BCUT2D eigenvalue weighted by Gasteiger charge is 2.15. The lowest BCUT2D eigenvalue weighted by molar-refractivity contribution is -0.307. The minimum Gasteiger partial charge on any atom is -0.549 e. The molecule has 0 bridgehead atoms. The summed E-state index contributed by atoms with van der Waals surface area (Å²) in [5, 5.41) is 16.2. The summed E-state index contributed by atoms with van der Waals surface area (Å²) in [6, 6.07) is 6.89. The zero-order chi connectivity index (χ0) is 13.3. The SMILES string of the molecule is CCn1nc([C@H](C)C(=O)[O-])c2ccccc2c1=O. The van der Waals surface area contributed by atoms with E-state index in [0.717, 1.165) is 0 Å². The maximum absolute atomic E-state index is 12.0. The summed E-state index contributed by atoms with van der Waals surface area (Å²) in [7, 11) is 0. The summed E-state index contributed by atoms with van der Waals surface area (Å²) >= 11 is 0. The Morgan fingerprint density at radius 2 is 2.00 bits per heavy atom. The number of aliphatic carboxylic acids is 1. The molecule has 0 aliphatic carbocycles. The van der Waals surface area contributed by atoms with Gasteiger partial charge in [-0.2, -0.15) is 5.10 Å². The van der Waals surface area contributed by atoms with Crippen LogP contribution in [0.1, 0.15) is 25.5 Å². The van der Waals surface area contributed by atoms with E-state index < -0.39 is 11.9 Å². The number of hydrogen-bond donors (Lipinski definition) is 0. The van der Waals surface area contributed by atoms with Crippen molar-refractivity contribution in [1.82, 2.24) is 9.78 Å². The summed E-state index contributed by atoms with van der Waals surface area (Å²) < 4.78 is 1.27. The maximum Gasteiger partial charge on any atom is 0.274 e. The van der Waals surface area contributed by atoms with Gasteiger partial charge in [0.25, 0.3) is 5.56 Å². The van der Waals surface area contributed by atoms with Gasteiger partial charge >= 0.3 is 0 Å². The molecule has 0 amide bonds. The molecule has 0 fully saturated rings. The van der Waals surface area contributed by atoms with Crippen molar-refractivity contribution in [3.63, 3.8) is 0 Å². The first-order valence-corrected chi connectivity index (χ1v) is 5.76. The van der Waals surface area contributed by atoms with Crippen LogP contribution in [0.25, 0.3) is 10.8 Å². The van der Waals surface area contributed by atoms with Gasteiger partial charge in [-0.25, -0.2) is 4.68 Å². The summed E-state index contributed by atoms with van der Waals surface area (Å²) in [6.45, 7) is 3.70. The van der Waals surface area contributed by atoms with Gasteiger partial charge in [-0.1, -0.05) is 25.1 Å². The lowest BCUT2D eigenvalue weighted by atomic mass is 10.0. The third kappa shape index (κ3) is 1.88. The lowest BCUT2D eigenvalue weighted by Crippen LogP contribution is -2.31. The summed E-state index contributed by atoms with van der Waals surface area (Å²) in [6.07, 6.45) is 0. The van der Waals surface area contributed by atoms with Gasteiger partial charge in [0.05, 0.1) is 17.0 Å². The van der Waals surface area contributed by atoms with Crippen molar-refractivity contribution in [3.05, 3.63) is 40.3 Å². The highest BCUT2D eigenvalue weighted by Crippen LogP contribution is 2.20. The minimum atomic E-state index is -1.20. The quantitative estimate of drug-likeness (QED) is 0.777. The number of aryl methyl sites for hydroxylation is 1. The molecule has 94 valence electrons. The topological polar surface area (TPSA) is 75.0 Å². The van der Waals surface area contributed by atoms with Gasteiger partial charge in [-0.3, -0.25) is 4.79 Å². The fourth-order valence-corrected chi connectivity index (χ4v) is 1.91. The lowest BCUT2D eigenvalue weighted by Gasteiger charge is -2.16. The fraction of sp³-hybridized carbons (Fsp3) is 0.308. The van der Waals surface area contributed by atoms with Crippen LogP contribution in [0.5, 0.6) is 0 Å². The molecule has 1 heterocycles. The minimum absolute atomic E-state index is 0.206. The van der Waals surface area contributed by atoms with Crippen LogP contribution >= 0.6 is 0 Å². The van der Waals surface area contributed by atoms with E-state index in [0.29, 0.717) is 23.0 Å². The molecule has 5 heteroatoms. The van der Waals surface area contributed by atoms with Crippen LogP contribution in [0.4, 0.5) is 0 Å². The second kappa shape index (κ2) is 4.60. The highest BCUT2D eigenvalue weighted by atomic mass is 16.4. The predicted octanol–water partition coefficient (Wildman–Crippen LogP) is 0.270. The van der Waals surface area contributed by atoms with Crippen LogP contribution < -0.4 is 10.7 Å². The number of carboxylic acid groups (broad SMARTS) is 1. The number of carbonyl (C=O) groups excluding carboxylic acids is 1. The molecule has 0 aliphatic heterocycles. The molecule has 1 aromatic carbocycles. The van der Waals surface area contributed by atoms with Gasteiger partial charge in [0.2, 0.25) is 0 Å². The first-order valence-electron chi connectivity index (χ1n) is 5.76. The first kappa shape index (κ1) is 12.3. The van der Waals surface area contributed by atoms with Gasteiger partial charge in [0, 0.05) is 17.8 Å². The standard InChI is InChI=1S/C13H14N2O3/c1-3-15-12(16)10-7-5-4-6-9(10)11(14-15)8(2)13(17)18/h4-8H,3H2,1-2H3,(H,17,18)/p-1/t8-/m0/s1. The van der Waals surface area contributed by atoms with Gasteiger partial charge < -0.3 is 9.90 Å². The third-order valence-corrected chi connectivity index (χ3v) is 2.96. The molecule has 0 spiro atoms. The van der Waals surface area contributed by atoms with E-state index in [9.17, 15) is 14.7 Å². The molecule has 18 heavy (non-hydrogen) atoms. The molecule has 2 aromatic rings. The van der Waals surface area contributed by atoms with Crippen molar-refractivity contribution >= 4 is 16.7 Å². The molecule has 5 nitrogen and oxygen atoms in total. The Morgan fingerprint density at radius 1 is 1.39 bits per heavy atom. The van der Waals surface area contributed by atoms with Gasteiger partial charge in [-0.15, -0.1) is 0 Å². The van der Waals surface area contributed by atoms with E-state index in [1.54, 1.807) is 31.2 Å². The van der Waals surface area contributed by atoms with Crippen LogP contribution in [0.3, 0.4) is 0 Å². The van der Waals surface area contributed by atoms with Crippen LogP contribution in [-0.4, -0.2) is 15.7 Å². The Morgan fingerprint density at radius 3 is 2.56 bits per heavy atom. The molecule has 0 saturated carbocycles. The average molecular weight is 245 g/mol. The molecule has 0 N–H and O–H groups in total. The van der Waals surface area contributed by atoms with Crippen LogP contribution in [0, 0.1) is 0 Å². The Bertz CT molecular complexity index is 661. The molecule has 2 rings (SSSR count). The smallest absolute Gasteiger partial charge is 0.274 e. The average Bonchev–Trinajstić information content (AvgIpc) is 2.38. The van der Waals surface area contributed by atoms with Gasteiger partial charge in [0.15, 0.2) is 0 Å². The Balaban J connectivity index is 2.84. The number of hydrogen-bond acceptors (Lipinski definition) is 4. The molecule has 1 atom stereocenters. The van der Waals surface area contributed by atoms with Crippen molar-refractivity contribution in [1.29, 1.82) is 0 Å². The summed E-state index contributed by atoms with van der Waals surface area (Å²) in [5.74, 6) is -2.05. The van der Waals surface area contributed by atoms with Crippen molar-refractivity contribution in [2.45, 2.75) is 26.3 Å². The van der Waals surface area contributed by atoms with E-state index in [2.05, 4.69) is 5.10 Å². The molecule has 0 aliphatic rings. The number of fused-ring (bicyclic) bond motifs is 1. The molecule has 0 radical (unpaired) electrons. The fourth-order valence-electron chi connectivity index (χ4n) is 1.91. The van der Waals surface area contributed by atoms with Crippen molar-refractivity contribution < 1.29 is 9.90 Å². The van der Waals surface area contributed by atoms with E-state index in [-0.39, 0.29) is 5.56 Å². The number of benzene rings is 1. The van der Waals surface area contributed by atoms with Crippen LogP contribution in [-0.2, 0) is 11.3 Å². The zero-order valence-electron chi connectivity index (χ0n) is 10.2. The molecular weight excluding hydrogens is 232 g/mol. The van der Waals surface area contributed by atoms with Crippen LogP contribution in [0.15, 0.2) is 29.1 Å². The van der Waals surface area contributed by atoms with Crippen molar-refractivity contribution in [2.75, 3.05) is 0 Å². The maximum atomic E-state index is 12.0. The number of rotatable bonds is 3. The Kier molecular flexibility index (Phi) is 3.14. The molecule has 0 saturated heterocycles. The summed E-state index contributed by atoms with van der Waals surface area (Å²) in [5.41, 5.74) is 0.162. The van der Waals surface area contributed by atoms with Crippen molar-refractivity contribution in [3.8, 4) is 0 Å². The monoisotopic (exact) mass is 245 g/mol. The number of carboxylic acids is 1. The van der Waals surface area contributed by atoms with E-state index in [4.69, 9.17) is 0 Å². The second-order valence-corrected chi connectivity index (χ2v) is 4.09.